The van der Waals surface area contributed by atoms with Crippen LogP contribution in [0.1, 0.15) is 13.8 Å². The van der Waals surface area contributed by atoms with Gasteiger partial charge in [0.2, 0.25) is 15.9 Å². The van der Waals surface area contributed by atoms with E-state index < -0.39 is 22.0 Å². The van der Waals surface area contributed by atoms with Crippen molar-refractivity contribution in [3.8, 4) is 11.5 Å². The molecule has 2 aromatic rings. The maximum atomic E-state index is 12.7. The molecule has 1 amide bonds. The van der Waals surface area contributed by atoms with Gasteiger partial charge >= 0.3 is 0 Å². The van der Waals surface area contributed by atoms with Gasteiger partial charge in [-0.2, -0.15) is 0 Å². The lowest BCUT2D eigenvalue weighted by atomic mass is 10.2. The number of carbonyl (C=O) groups excluding carboxylic acids is 1. The van der Waals surface area contributed by atoms with Crippen LogP contribution >= 0.6 is 0 Å². The highest BCUT2D eigenvalue weighted by Crippen LogP contribution is 2.26. The van der Waals surface area contributed by atoms with Crippen LogP contribution in [-0.4, -0.2) is 40.3 Å². The fourth-order valence-electron chi connectivity index (χ4n) is 2.65. The zero-order chi connectivity index (χ0) is 20.0. The molecule has 0 saturated carbocycles. The number of para-hydroxylation sites is 2. The molecule has 0 aliphatic carbocycles. The number of amides is 1. The molecule has 1 unspecified atom stereocenters. The number of nitrogens with zero attached hydrogens (tertiary/aromatic N) is 1. The van der Waals surface area contributed by atoms with Gasteiger partial charge in [-0.1, -0.05) is 12.1 Å². The summed E-state index contributed by atoms with van der Waals surface area (Å²) in [5, 5.41) is 2.72. The van der Waals surface area contributed by atoms with Gasteiger partial charge in [0.1, 0.15) is 17.5 Å². The molecule has 8 heteroatoms. The van der Waals surface area contributed by atoms with Gasteiger partial charge in [-0.15, -0.1) is 0 Å². The molecule has 0 heterocycles. The highest BCUT2D eigenvalue weighted by atomic mass is 32.2. The Labute approximate surface area is 160 Å². The van der Waals surface area contributed by atoms with Gasteiger partial charge in [-0.25, -0.2) is 8.42 Å². The number of carbonyl (C=O) groups is 1. The number of hydrogen-bond acceptors (Lipinski definition) is 5. The molecular weight excluding hydrogens is 368 g/mol. The number of anilines is 2. The van der Waals surface area contributed by atoms with Crippen LogP contribution in [0.4, 0.5) is 11.4 Å². The van der Waals surface area contributed by atoms with E-state index in [0.717, 1.165) is 10.6 Å². The first-order valence-corrected chi connectivity index (χ1v) is 10.3. The average Bonchev–Trinajstić information content (AvgIpc) is 2.62. The molecule has 27 heavy (non-hydrogen) atoms. The van der Waals surface area contributed by atoms with Crippen LogP contribution in [0, 0.1) is 0 Å². The number of nitrogens with one attached hydrogen (secondary N) is 1. The molecule has 7 nitrogen and oxygen atoms in total. The normalized spacial score (nSPS) is 12.1. The number of hydrogen-bond donors (Lipinski definition) is 1. The first-order chi connectivity index (χ1) is 12.8. The molecule has 1 atom stereocenters. The molecule has 0 aliphatic rings. The van der Waals surface area contributed by atoms with E-state index in [1.165, 1.54) is 14.0 Å². The van der Waals surface area contributed by atoms with E-state index in [2.05, 4.69) is 5.32 Å². The molecule has 2 aromatic carbocycles. The van der Waals surface area contributed by atoms with Gasteiger partial charge in [0, 0.05) is 0 Å². The fourth-order valence-corrected chi connectivity index (χ4v) is 3.82. The lowest BCUT2D eigenvalue weighted by molar-refractivity contribution is -0.116. The summed E-state index contributed by atoms with van der Waals surface area (Å²) < 4.78 is 36.4. The zero-order valence-electron chi connectivity index (χ0n) is 15.8. The number of benzene rings is 2. The van der Waals surface area contributed by atoms with Crippen molar-refractivity contribution < 1.29 is 22.7 Å². The number of ether oxygens (including phenoxy) is 2. The van der Waals surface area contributed by atoms with E-state index in [1.807, 2.05) is 6.92 Å². The fraction of sp³-hybridized carbons (Fsp3) is 0.316. The molecule has 0 fully saturated rings. The summed E-state index contributed by atoms with van der Waals surface area (Å²) in [5.41, 5.74) is 0.848. The summed E-state index contributed by atoms with van der Waals surface area (Å²) >= 11 is 0. The van der Waals surface area contributed by atoms with Crippen LogP contribution in [0.5, 0.6) is 11.5 Å². The number of rotatable bonds is 8. The molecule has 2 rings (SSSR count). The maximum absolute atomic E-state index is 12.7. The van der Waals surface area contributed by atoms with E-state index in [4.69, 9.17) is 9.47 Å². The zero-order valence-corrected chi connectivity index (χ0v) is 16.6. The summed E-state index contributed by atoms with van der Waals surface area (Å²) in [6, 6.07) is 12.5. The van der Waals surface area contributed by atoms with Crippen molar-refractivity contribution >= 4 is 27.3 Å². The van der Waals surface area contributed by atoms with Gasteiger partial charge < -0.3 is 14.8 Å². The quantitative estimate of drug-likeness (QED) is 0.747. The molecule has 0 bridgehead atoms. The van der Waals surface area contributed by atoms with Gasteiger partial charge in [-0.3, -0.25) is 9.10 Å². The Hall–Kier alpha value is -2.74. The molecule has 0 aliphatic heterocycles. The van der Waals surface area contributed by atoms with Gasteiger partial charge in [0.05, 0.1) is 31.3 Å². The Kier molecular flexibility index (Phi) is 6.68. The van der Waals surface area contributed by atoms with Crippen LogP contribution < -0.4 is 19.1 Å². The van der Waals surface area contributed by atoms with E-state index in [9.17, 15) is 13.2 Å². The highest BCUT2D eigenvalue weighted by Gasteiger charge is 2.29. The van der Waals surface area contributed by atoms with Crippen molar-refractivity contribution in [3.05, 3.63) is 48.5 Å². The predicted molar refractivity (Wildman–Crippen MR) is 106 cm³/mol. The molecule has 0 radical (unpaired) electrons. The van der Waals surface area contributed by atoms with Crippen LogP contribution in [0.15, 0.2) is 48.5 Å². The van der Waals surface area contributed by atoms with Crippen molar-refractivity contribution in [2.45, 2.75) is 19.9 Å². The van der Waals surface area contributed by atoms with Crippen molar-refractivity contribution in [2.75, 3.05) is 29.6 Å². The SMILES string of the molecule is CCOc1ccc(N(C(C)C(=O)Nc2ccccc2OC)S(C)(=O)=O)cc1. The van der Waals surface area contributed by atoms with Gasteiger partial charge in [0.15, 0.2) is 0 Å². The van der Waals surface area contributed by atoms with Crippen molar-refractivity contribution in [3.63, 3.8) is 0 Å². The van der Waals surface area contributed by atoms with E-state index in [-0.39, 0.29) is 0 Å². The second-order valence-corrected chi connectivity index (χ2v) is 7.71. The van der Waals surface area contributed by atoms with Crippen LogP contribution in [0.2, 0.25) is 0 Å². The van der Waals surface area contributed by atoms with Crippen molar-refractivity contribution in [1.29, 1.82) is 0 Å². The largest absolute Gasteiger partial charge is 0.495 e. The van der Waals surface area contributed by atoms with Crippen molar-refractivity contribution in [1.82, 2.24) is 0 Å². The topological polar surface area (TPSA) is 84.9 Å². The van der Waals surface area contributed by atoms with Crippen LogP contribution in [-0.2, 0) is 14.8 Å². The number of sulfonamides is 1. The molecule has 146 valence electrons. The number of methoxy groups -OCH3 is 1. The Morgan fingerprint density at radius 2 is 1.78 bits per heavy atom. The minimum atomic E-state index is -3.69. The Morgan fingerprint density at radius 1 is 1.15 bits per heavy atom. The van der Waals surface area contributed by atoms with Gasteiger partial charge in [-0.05, 0) is 50.2 Å². The van der Waals surface area contributed by atoms with Gasteiger partial charge in [0.25, 0.3) is 0 Å². The molecule has 1 N–H and O–H groups in total. The standard InChI is InChI=1S/C19H24N2O5S/c1-5-26-16-12-10-15(11-13-16)21(27(4,23)24)14(2)19(22)20-17-8-6-7-9-18(17)25-3/h6-14H,5H2,1-4H3,(H,20,22). The maximum Gasteiger partial charge on any atom is 0.248 e. The first-order valence-electron chi connectivity index (χ1n) is 8.44. The summed E-state index contributed by atoms with van der Waals surface area (Å²) in [7, 11) is -2.20. The smallest absolute Gasteiger partial charge is 0.248 e. The van der Waals surface area contributed by atoms with Crippen molar-refractivity contribution in [2.24, 2.45) is 0 Å². The summed E-state index contributed by atoms with van der Waals surface area (Å²) in [6.07, 6.45) is 1.07. The first kappa shape index (κ1) is 20.6. The monoisotopic (exact) mass is 392 g/mol. The van der Waals surface area contributed by atoms with Crippen LogP contribution in [0.3, 0.4) is 0 Å². The molecule has 0 saturated heterocycles. The van der Waals surface area contributed by atoms with E-state index in [1.54, 1.807) is 48.5 Å². The summed E-state index contributed by atoms with van der Waals surface area (Å²) in [5.74, 6) is 0.643. The lowest BCUT2D eigenvalue weighted by Gasteiger charge is -2.28. The third kappa shape index (κ3) is 5.13. The highest BCUT2D eigenvalue weighted by molar-refractivity contribution is 7.92. The summed E-state index contributed by atoms with van der Waals surface area (Å²) in [4.78, 5) is 12.7. The molecular formula is C19H24N2O5S. The molecule has 0 aromatic heterocycles. The Balaban J connectivity index is 2.29. The average molecular weight is 392 g/mol. The minimum absolute atomic E-state index is 0.378. The van der Waals surface area contributed by atoms with Crippen LogP contribution in [0.25, 0.3) is 0 Å². The predicted octanol–water partition coefficient (Wildman–Crippen LogP) is 2.89. The summed E-state index contributed by atoms with van der Waals surface area (Å²) in [6.45, 7) is 3.90. The molecule has 0 spiro atoms. The lowest BCUT2D eigenvalue weighted by Crippen LogP contribution is -2.45. The van der Waals surface area contributed by atoms with E-state index >= 15 is 0 Å². The Bertz CT molecular complexity index is 881. The van der Waals surface area contributed by atoms with E-state index in [0.29, 0.717) is 29.5 Å². The third-order valence-corrected chi connectivity index (χ3v) is 5.10. The Morgan fingerprint density at radius 3 is 2.33 bits per heavy atom. The second kappa shape index (κ2) is 8.77. The third-order valence-electron chi connectivity index (χ3n) is 3.86. The minimum Gasteiger partial charge on any atom is -0.495 e. The second-order valence-electron chi connectivity index (χ2n) is 5.85.